The molecule has 2 N–H and O–H groups in total. The van der Waals surface area contributed by atoms with Gasteiger partial charge in [-0.2, -0.15) is 0 Å². The number of anilines is 3. The summed E-state index contributed by atoms with van der Waals surface area (Å²) in [5.74, 6) is -0.333. The fourth-order valence-corrected chi connectivity index (χ4v) is 1.60. The van der Waals surface area contributed by atoms with Crippen LogP contribution >= 0.6 is 0 Å². The largest absolute Gasteiger partial charge is 0.353 e. The lowest BCUT2D eigenvalue weighted by Crippen LogP contribution is -2.09. The highest BCUT2D eigenvalue weighted by Crippen LogP contribution is 2.21. The average Bonchev–Trinajstić information content (AvgIpc) is 2.43. The first kappa shape index (κ1) is 13.1. The van der Waals surface area contributed by atoms with Crippen LogP contribution in [0.4, 0.5) is 21.5 Å². The predicted molar refractivity (Wildman–Crippen MR) is 75.0 cm³/mol. The second kappa shape index (κ2) is 6.00. The second-order valence-electron chi connectivity index (χ2n) is 4.08. The third-order valence-electron chi connectivity index (χ3n) is 2.64. The Labute approximate surface area is 111 Å². The first-order valence-electron chi connectivity index (χ1n) is 6.10. The van der Waals surface area contributed by atoms with Crippen molar-refractivity contribution in [2.24, 2.45) is 0 Å². The minimum Gasteiger partial charge on any atom is -0.353 e. The molecule has 0 aliphatic rings. The van der Waals surface area contributed by atoms with Gasteiger partial charge in [-0.05, 0) is 36.4 Å². The summed E-state index contributed by atoms with van der Waals surface area (Å²) >= 11 is 0. The molecule has 0 aromatic heterocycles. The van der Waals surface area contributed by atoms with Crippen molar-refractivity contribution in [3.63, 3.8) is 0 Å². The molecule has 0 aliphatic carbocycles. The number of benzene rings is 2. The topological polar surface area (TPSA) is 41.1 Å². The Bertz CT molecular complexity index is 567. The summed E-state index contributed by atoms with van der Waals surface area (Å²) in [5.41, 5.74) is 1.92. The maximum absolute atomic E-state index is 13.5. The predicted octanol–water partition coefficient (Wildman–Crippen LogP) is 3.92. The molecule has 0 saturated carbocycles. The van der Waals surface area contributed by atoms with E-state index in [-0.39, 0.29) is 11.7 Å². The van der Waals surface area contributed by atoms with E-state index in [4.69, 9.17) is 0 Å². The van der Waals surface area contributed by atoms with Crippen molar-refractivity contribution in [2.75, 3.05) is 10.6 Å². The van der Waals surface area contributed by atoms with E-state index in [0.717, 1.165) is 11.4 Å². The molecule has 4 heteroatoms. The minimum absolute atomic E-state index is 0.0326. The quantitative estimate of drug-likeness (QED) is 0.872. The van der Waals surface area contributed by atoms with Gasteiger partial charge in [-0.1, -0.05) is 19.1 Å². The number of carbonyl (C=O) groups excluding carboxylic acids is 1. The summed E-state index contributed by atoms with van der Waals surface area (Å²) in [6, 6.07) is 13.6. The summed E-state index contributed by atoms with van der Waals surface area (Å²) < 4.78 is 13.5. The SMILES string of the molecule is CCC(=O)Nc1ccc(Nc2ccccc2F)cc1. The Kier molecular flexibility index (Phi) is 4.13. The third kappa shape index (κ3) is 3.55. The molecule has 0 atom stereocenters. The second-order valence-corrected chi connectivity index (χ2v) is 4.08. The van der Waals surface area contributed by atoms with Crippen LogP contribution in [0.2, 0.25) is 0 Å². The maximum atomic E-state index is 13.5. The molecule has 98 valence electrons. The van der Waals surface area contributed by atoms with Crippen molar-refractivity contribution in [1.82, 2.24) is 0 Å². The van der Waals surface area contributed by atoms with Crippen LogP contribution in [0.5, 0.6) is 0 Å². The van der Waals surface area contributed by atoms with Crippen LogP contribution in [0.1, 0.15) is 13.3 Å². The summed E-state index contributed by atoms with van der Waals surface area (Å²) in [6.45, 7) is 1.80. The molecule has 0 fully saturated rings. The van der Waals surface area contributed by atoms with Gasteiger partial charge in [0, 0.05) is 17.8 Å². The Balaban J connectivity index is 2.07. The van der Waals surface area contributed by atoms with Crippen LogP contribution < -0.4 is 10.6 Å². The number of hydrogen-bond donors (Lipinski definition) is 2. The van der Waals surface area contributed by atoms with E-state index in [2.05, 4.69) is 10.6 Å². The first-order chi connectivity index (χ1) is 9.19. The molecular weight excluding hydrogens is 243 g/mol. The van der Waals surface area contributed by atoms with E-state index in [0.29, 0.717) is 12.1 Å². The van der Waals surface area contributed by atoms with Crippen molar-refractivity contribution in [1.29, 1.82) is 0 Å². The molecule has 2 aromatic rings. The fourth-order valence-electron chi connectivity index (χ4n) is 1.60. The van der Waals surface area contributed by atoms with E-state index >= 15 is 0 Å². The lowest BCUT2D eigenvalue weighted by atomic mass is 10.2. The Hall–Kier alpha value is -2.36. The van der Waals surface area contributed by atoms with Gasteiger partial charge in [0.05, 0.1) is 5.69 Å². The van der Waals surface area contributed by atoms with Crippen molar-refractivity contribution in [3.8, 4) is 0 Å². The van der Waals surface area contributed by atoms with Crippen molar-refractivity contribution in [3.05, 3.63) is 54.3 Å². The summed E-state index contributed by atoms with van der Waals surface area (Å²) in [6.07, 6.45) is 0.440. The summed E-state index contributed by atoms with van der Waals surface area (Å²) in [5, 5.41) is 5.73. The molecule has 2 rings (SSSR count). The molecule has 1 amide bonds. The fraction of sp³-hybridized carbons (Fsp3) is 0.133. The zero-order valence-electron chi connectivity index (χ0n) is 10.6. The van der Waals surface area contributed by atoms with E-state index in [1.807, 2.05) is 0 Å². The summed E-state index contributed by atoms with van der Waals surface area (Å²) in [4.78, 5) is 11.2. The van der Waals surface area contributed by atoms with Gasteiger partial charge in [0.15, 0.2) is 0 Å². The van der Waals surface area contributed by atoms with E-state index < -0.39 is 0 Å². The lowest BCUT2D eigenvalue weighted by molar-refractivity contribution is -0.115. The number of halogens is 1. The van der Waals surface area contributed by atoms with Gasteiger partial charge in [0.25, 0.3) is 0 Å². The van der Waals surface area contributed by atoms with Gasteiger partial charge in [-0.25, -0.2) is 4.39 Å². The molecule has 0 spiro atoms. The highest BCUT2D eigenvalue weighted by atomic mass is 19.1. The Morgan fingerprint density at radius 1 is 1.05 bits per heavy atom. The lowest BCUT2D eigenvalue weighted by Gasteiger charge is -2.09. The monoisotopic (exact) mass is 258 g/mol. The van der Waals surface area contributed by atoms with Gasteiger partial charge >= 0.3 is 0 Å². The Morgan fingerprint density at radius 3 is 2.32 bits per heavy atom. The summed E-state index contributed by atoms with van der Waals surface area (Å²) in [7, 11) is 0. The van der Waals surface area contributed by atoms with Crippen LogP contribution in [0.15, 0.2) is 48.5 Å². The number of nitrogens with one attached hydrogen (secondary N) is 2. The number of hydrogen-bond acceptors (Lipinski definition) is 2. The molecular formula is C15H15FN2O. The molecule has 0 unspecified atom stereocenters. The molecule has 0 bridgehead atoms. The zero-order valence-corrected chi connectivity index (χ0v) is 10.6. The third-order valence-corrected chi connectivity index (χ3v) is 2.64. The molecule has 0 aliphatic heterocycles. The average molecular weight is 258 g/mol. The number of amides is 1. The van der Waals surface area contributed by atoms with Crippen molar-refractivity contribution < 1.29 is 9.18 Å². The van der Waals surface area contributed by atoms with E-state index in [1.54, 1.807) is 49.4 Å². The Morgan fingerprint density at radius 2 is 1.68 bits per heavy atom. The minimum atomic E-state index is -0.300. The zero-order chi connectivity index (χ0) is 13.7. The molecule has 3 nitrogen and oxygen atoms in total. The van der Waals surface area contributed by atoms with Crippen LogP contribution in [-0.4, -0.2) is 5.91 Å². The van der Waals surface area contributed by atoms with Gasteiger partial charge in [0.2, 0.25) is 5.91 Å². The van der Waals surface area contributed by atoms with Gasteiger partial charge in [-0.15, -0.1) is 0 Å². The highest BCUT2D eigenvalue weighted by molar-refractivity contribution is 5.90. The standard InChI is InChI=1S/C15H15FN2O/c1-2-15(19)18-12-9-7-11(8-10-12)17-14-6-4-3-5-13(14)16/h3-10,17H,2H2,1H3,(H,18,19). The van der Waals surface area contributed by atoms with Gasteiger partial charge in [-0.3, -0.25) is 4.79 Å². The number of carbonyl (C=O) groups is 1. The van der Waals surface area contributed by atoms with Gasteiger partial charge < -0.3 is 10.6 Å². The van der Waals surface area contributed by atoms with Gasteiger partial charge in [0.1, 0.15) is 5.82 Å². The van der Waals surface area contributed by atoms with Crippen molar-refractivity contribution >= 4 is 23.0 Å². The molecule has 0 saturated heterocycles. The first-order valence-corrected chi connectivity index (χ1v) is 6.10. The molecule has 0 heterocycles. The van der Waals surface area contributed by atoms with Crippen LogP contribution in [0, 0.1) is 5.82 Å². The normalized spacial score (nSPS) is 10.0. The number of rotatable bonds is 4. The molecule has 0 radical (unpaired) electrons. The molecule has 19 heavy (non-hydrogen) atoms. The van der Waals surface area contributed by atoms with E-state index in [1.165, 1.54) is 6.07 Å². The van der Waals surface area contributed by atoms with Crippen LogP contribution in [0.25, 0.3) is 0 Å². The van der Waals surface area contributed by atoms with E-state index in [9.17, 15) is 9.18 Å². The van der Waals surface area contributed by atoms with Crippen molar-refractivity contribution in [2.45, 2.75) is 13.3 Å². The molecule has 2 aromatic carbocycles. The number of para-hydroxylation sites is 1. The van der Waals surface area contributed by atoms with Crippen LogP contribution in [0.3, 0.4) is 0 Å². The maximum Gasteiger partial charge on any atom is 0.224 e. The van der Waals surface area contributed by atoms with Crippen LogP contribution in [-0.2, 0) is 4.79 Å². The highest BCUT2D eigenvalue weighted by Gasteiger charge is 2.02. The smallest absolute Gasteiger partial charge is 0.224 e.